The number of rotatable bonds is 5. The van der Waals surface area contributed by atoms with Crippen LogP contribution in [0.1, 0.15) is 16.1 Å². The van der Waals surface area contributed by atoms with Gasteiger partial charge in [-0.05, 0) is 35.4 Å². The third kappa shape index (κ3) is 3.78. The van der Waals surface area contributed by atoms with Crippen LogP contribution < -0.4 is 10.5 Å². The zero-order chi connectivity index (χ0) is 15.4. The fourth-order valence-electron chi connectivity index (χ4n) is 2.10. The number of nitrogens with zero attached hydrogens (tertiary/aromatic N) is 1. The SMILES string of the molecule is Nc1cc(Cc2nccs2)ccc1OCc1ccc(Cl)cc1. The maximum Gasteiger partial charge on any atom is 0.142 e. The minimum Gasteiger partial charge on any atom is -0.487 e. The van der Waals surface area contributed by atoms with Crippen molar-refractivity contribution >= 4 is 28.6 Å². The number of nitrogen functional groups attached to an aromatic ring is 1. The molecule has 3 nitrogen and oxygen atoms in total. The van der Waals surface area contributed by atoms with Crippen molar-refractivity contribution in [1.82, 2.24) is 4.98 Å². The van der Waals surface area contributed by atoms with Crippen molar-refractivity contribution in [1.29, 1.82) is 0 Å². The quantitative estimate of drug-likeness (QED) is 0.698. The van der Waals surface area contributed by atoms with Crippen molar-refractivity contribution in [2.24, 2.45) is 0 Å². The molecule has 2 aromatic carbocycles. The van der Waals surface area contributed by atoms with E-state index in [9.17, 15) is 0 Å². The van der Waals surface area contributed by atoms with Crippen LogP contribution in [-0.4, -0.2) is 4.98 Å². The van der Waals surface area contributed by atoms with E-state index < -0.39 is 0 Å². The summed E-state index contributed by atoms with van der Waals surface area (Å²) in [5.41, 5.74) is 8.90. The van der Waals surface area contributed by atoms with Gasteiger partial charge in [0.05, 0.1) is 10.7 Å². The summed E-state index contributed by atoms with van der Waals surface area (Å²) in [6.07, 6.45) is 2.60. The molecule has 2 N–H and O–H groups in total. The molecule has 0 aliphatic rings. The molecule has 0 aliphatic heterocycles. The molecule has 1 aromatic heterocycles. The Balaban J connectivity index is 1.65. The fourth-order valence-corrected chi connectivity index (χ4v) is 2.87. The molecule has 0 bridgehead atoms. The smallest absolute Gasteiger partial charge is 0.142 e. The summed E-state index contributed by atoms with van der Waals surface area (Å²) in [5, 5.41) is 3.77. The van der Waals surface area contributed by atoms with E-state index in [1.54, 1.807) is 11.3 Å². The first-order chi connectivity index (χ1) is 10.7. The first-order valence-electron chi connectivity index (χ1n) is 6.85. The van der Waals surface area contributed by atoms with Crippen LogP contribution >= 0.6 is 22.9 Å². The Morgan fingerprint density at radius 2 is 1.86 bits per heavy atom. The van der Waals surface area contributed by atoms with E-state index in [4.69, 9.17) is 22.1 Å². The zero-order valence-electron chi connectivity index (χ0n) is 11.8. The van der Waals surface area contributed by atoms with Gasteiger partial charge in [-0.3, -0.25) is 0 Å². The van der Waals surface area contributed by atoms with Crippen LogP contribution in [0, 0.1) is 0 Å². The predicted molar refractivity (Wildman–Crippen MR) is 91.6 cm³/mol. The van der Waals surface area contributed by atoms with Crippen molar-refractivity contribution in [3.8, 4) is 5.75 Å². The molecule has 0 saturated carbocycles. The van der Waals surface area contributed by atoms with E-state index in [1.807, 2.05) is 54.0 Å². The minimum atomic E-state index is 0.465. The highest BCUT2D eigenvalue weighted by Gasteiger charge is 2.05. The largest absolute Gasteiger partial charge is 0.487 e. The lowest BCUT2D eigenvalue weighted by atomic mass is 10.1. The lowest BCUT2D eigenvalue weighted by Gasteiger charge is -2.10. The monoisotopic (exact) mass is 330 g/mol. The molecular formula is C17H15ClN2OS. The molecule has 5 heteroatoms. The molecule has 3 rings (SSSR count). The van der Waals surface area contributed by atoms with Crippen molar-refractivity contribution in [3.63, 3.8) is 0 Å². The van der Waals surface area contributed by atoms with Crippen LogP contribution in [0.2, 0.25) is 5.02 Å². The van der Waals surface area contributed by atoms with E-state index in [2.05, 4.69) is 4.98 Å². The minimum absolute atomic E-state index is 0.465. The van der Waals surface area contributed by atoms with Gasteiger partial charge < -0.3 is 10.5 Å². The van der Waals surface area contributed by atoms with Gasteiger partial charge in [-0.1, -0.05) is 29.8 Å². The lowest BCUT2D eigenvalue weighted by molar-refractivity contribution is 0.308. The predicted octanol–water partition coefficient (Wildman–Crippen LogP) is 4.55. The van der Waals surface area contributed by atoms with Gasteiger partial charge >= 0.3 is 0 Å². The summed E-state index contributed by atoms with van der Waals surface area (Å²) in [6.45, 7) is 0.465. The molecule has 22 heavy (non-hydrogen) atoms. The molecule has 0 amide bonds. The highest BCUT2D eigenvalue weighted by Crippen LogP contribution is 2.25. The first-order valence-corrected chi connectivity index (χ1v) is 8.10. The first kappa shape index (κ1) is 14.9. The van der Waals surface area contributed by atoms with Crippen molar-refractivity contribution < 1.29 is 4.74 Å². The van der Waals surface area contributed by atoms with Crippen molar-refractivity contribution in [2.45, 2.75) is 13.0 Å². The molecule has 112 valence electrons. The highest BCUT2D eigenvalue weighted by atomic mass is 35.5. The number of halogens is 1. The Kier molecular flexibility index (Phi) is 4.61. The van der Waals surface area contributed by atoms with Crippen LogP contribution in [0.15, 0.2) is 54.0 Å². The van der Waals surface area contributed by atoms with Crippen molar-refractivity contribution in [2.75, 3.05) is 5.73 Å². The molecule has 0 aliphatic carbocycles. The van der Waals surface area contributed by atoms with Crippen LogP contribution in [0.4, 0.5) is 5.69 Å². The van der Waals surface area contributed by atoms with Crippen LogP contribution in [-0.2, 0) is 13.0 Å². The number of aromatic nitrogens is 1. The van der Waals surface area contributed by atoms with Crippen LogP contribution in [0.25, 0.3) is 0 Å². The second kappa shape index (κ2) is 6.81. The number of hydrogen-bond donors (Lipinski definition) is 1. The van der Waals surface area contributed by atoms with Gasteiger partial charge in [0.1, 0.15) is 12.4 Å². The molecule has 1 heterocycles. The summed E-state index contributed by atoms with van der Waals surface area (Å²) in [5.74, 6) is 0.692. The summed E-state index contributed by atoms with van der Waals surface area (Å²) in [4.78, 5) is 4.28. The standard InChI is InChI=1S/C17H15ClN2OS/c18-14-4-1-12(2-5-14)11-21-16-6-3-13(9-15(16)19)10-17-20-7-8-22-17/h1-9H,10-11,19H2. The molecule has 0 spiro atoms. The Bertz CT molecular complexity index is 742. The second-order valence-electron chi connectivity index (χ2n) is 4.89. The van der Waals surface area contributed by atoms with Crippen LogP contribution in [0.3, 0.4) is 0 Å². The third-order valence-electron chi connectivity index (χ3n) is 3.22. The Labute approximate surface area is 138 Å². The van der Waals surface area contributed by atoms with Crippen LogP contribution in [0.5, 0.6) is 5.75 Å². The maximum absolute atomic E-state index is 6.08. The molecule has 0 fully saturated rings. The molecule has 3 aromatic rings. The Morgan fingerprint density at radius 3 is 2.55 bits per heavy atom. The average molecular weight is 331 g/mol. The van der Waals surface area contributed by atoms with Gasteiger partial charge in [0.15, 0.2) is 0 Å². The summed E-state index contributed by atoms with van der Waals surface area (Å²) < 4.78 is 5.77. The van der Waals surface area contributed by atoms with Gasteiger partial charge in [0, 0.05) is 23.0 Å². The van der Waals surface area contributed by atoms with Gasteiger partial charge in [0.25, 0.3) is 0 Å². The van der Waals surface area contributed by atoms with E-state index in [1.165, 1.54) is 0 Å². The number of thiazole rings is 1. The topological polar surface area (TPSA) is 48.1 Å². The van der Waals surface area contributed by atoms with E-state index in [0.717, 1.165) is 27.6 Å². The average Bonchev–Trinajstić information content (AvgIpc) is 3.01. The number of benzene rings is 2. The summed E-state index contributed by atoms with van der Waals surface area (Å²) in [7, 11) is 0. The number of ether oxygens (including phenoxy) is 1. The van der Waals surface area contributed by atoms with Gasteiger partial charge in [-0.15, -0.1) is 11.3 Å². The Hall–Kier alpha value is -2.04. The number of nitrogens with two attached hydrogens (primary N) is 1. The molecule has 0 saturated heterocycles. The fraction of sp³-hybridized carbons (Fsp3) is 0.118. The molecular weight excluding hydrogens is 316 g/mol. The van der Waals surface area contributed by atoms with E-state index >= 15 is 0 Å². The highest BCUT2D eigenvalue weighted by molar-refractivity contribution is 7.09. The summed E-state index contributed by atoms with van der Waals surface area (Å²) in [6, 6.07) is 13.5. The van der Waals surface area contributed by atoms with Gasteiger partial charge in [-0.25, -0.2) is 4.98 Å². The van der Waals surface area contributed by atoms with Crippen molar-refractivity contribution in [3.05, 3.63) is 75.2 Å². The van der Waals surface area contributed by atoms with E-state index in [0.29, 0.717) is 18.0 Å². The van der Waals surface area contributed by atoms with Gasteiger partial charge in [-0.2, -0.15) is 0 Å². The lowest BCUT2D eigenvalue weighted by Crippen LogP contribution is -1.99. The summed E-state index contributed by atoms with van der Waals surface area (Å²) >= 11 is 7.51. The number of hydrogen-bond acceptors (Lipinski definition) is 4. The molecule has 0 atom stereocenters. The maximum atomic E-state index is 6.08. The van der Waals surface area contributed by atoms with E-state index in [-0.39, 0.29) is 0 Å². The zero-order valence-corrected chi connectivity index (χ0v) is 13.4. The molecule has 0 radical (unpaired) electrons. The van der Waals surface area contributed by atoms with Gasteiger partial charge in [0.2, 0.25) is 0 Å². The third-order valence-corrected chi connectivity index (χ3v) is 4.25. The second-order valence-corrected chi connectivity index (χ2v) is 6.31. The number of anilines is 1. The molecule has 0 unspecified atom stereocenters. The Morgan fingerprint density at radius 1 is 1.09 bits per heavy atom. The normalized spacial score (nSPS) is 10.6.